The third kappa shape index (κ3) is 21.9. The van der Waals surface area contributed by atoms with Crippen LogP contribution < -0.4 is 0 Å². The molecule has 0 atom stereocenters. The average molecular weight is 521 g/mol. The minimum absolute atomic E-state index is 0.981. The van der Waals surface area contributed by atoms with Crippen molar-refractivity contribution < 1.29 is 35.4 Å². The Labute approximate surface area is 198 Å². The summed E-state index contributed by atoms with van der Waals surface area (Å²) >= 11 is 0. The van der Waals surface area contributed by atoms with Crippen molar-refractivity contribution in [2.45, 2.75) is 58.5 Å². The molecule has 0 saturated carbocycles. The normalized spacial score (nSPS) is 11.5. The van der Waals surface area contributed by atoms with Crippen LogP contribution >= 0.6 is 0 Å². The Morgan fingerprint density at radius 1 is 0.645 bits per heavy atom. The molecule has 0 rings (SSSR count). The lowest BCUT2D eigenvalue weighted by atomic mass is 10.6. The van der Waals surface area contributed by atoms with Crippen LogP contribution in [0, 0.1) is 0 Å². The largest absolute Gasteiger partial charge is 0.400 e. The molecule has 0 aliphatic heterocycles. The van der Waals surface area contributed by atoms with Crippen molar-refractivity contribution in [2.24, 2.45) is 0 Å². The Morgan fingerprint density at radius 3 is 1.03 bits per heavy atom. The third-order valence-corrected chi connectivity index (χ3v) is 14.5. The van der Waals surface area contributed by atoms with Gasteiger partial charge in [-0.15, -0.1) is 6.58 Å². The molecule has 31 heavy (non-hydrogen) atoms. The van der Waals surface area contributed by atoms with E-state index in [-0.39, 0.29) is 0 Å². The molecule has 0 aromatic heterocycles. The molecular weight excluding hydrogens is 469 g/mol. The van der Waals surface area contributed by atoms with E-state index < -0.39 is 35.0 Å². The lowest BCUT2D eigenvalue weighted by molar-refractivity contribution is 0.241. The van der Waals surface area contributed by atoms with E-state index in [2.05, 4.69) is 19.7 Å². The van der Waals surface area contributed by atoms with E-state index in [0.29, 0.717) is 0 Å². The maximum atomic E-state index is 5.42. The average Bonchev–Trinajstić information content (AvgIpc) is 2.84. The second-order valence-corrected chi connectivity index (χ2v) is 19.1. The Balaban J connectivity index is -0.000000191. The number of rotatable bonds is 13. The standard InChI is InChI=1S/C9H24O4Si2.C5H12O2Si.C3H10O2Si.C2H6/c1-10-14(5,11-2)8-7-9-15(6,12-3)13-4;1-5-8(4,6-2)7-3;1-4-6(3)5-2;1-2/h7-9H2,1-6H3;5H,1H2,2-4H3;6H,1-3H3;1-2H3. The lowest BCUT2D eigenvalue weighted by Crippen LogP contribution is -2.39. The predicted octanol–water partition coefficient (Wildman–Crippen LogP) is 4.34. The molecule has 0 unspecified atom stereocenters. The second kappa shape index (κ2) is 23.4. The quantitative estimate of drug-likeness (QED) is 0.332. The van der Waals surface area contributed by atoms with Crippen molar-refractivity contribution in [3.05, 3.63) is 12.3 Å². The molecular formula is C19H52O8Si4. The van der Waals surface area contributed by atoms with Crippen molar-refractivity contribution >= 4 is 35.0 Å². The minimum Gasteiger partial charge on any atom is -0.400 e. The first kappa shape index (κ1) is 38.5. The summed E-state index contributed by atoms with van der Waals surface area (Å²) in [7, 11) is 6.60. The van der Waals surface area contributed by atoms with E-state index in [9.17, 15) is 0 Å². The van der Waals surface area contributed by atoms with Crippen molar-refractivity contribution in [1.82, 2.24) is 0 Å². The molecule has 0 saturated heterocycles. The van der Waals surface area contributed by atoms with Gasteiger partial charge in [-0.25, -0.2) is 0 Å². The molecule has 0 amide bonds. The zero-order chi connectivity index (χ0) is 25.6. The molecule has 0 heterocycles. The first-order valence-electron chi connectivity index (χ1n) is 10.4. The van der Waals surface area contributed by atoms with Crippen LogP contribution in [0.1, 0.15) is 20.3 Å². The SMILES string of the molecule is C=C[Si](C)(OC)OC.CC.CO[SiH](C)OC.CO[Si](C)(CCC[Si](C)(OC)OC)OC. The molecule has 0 aliphatic rings. The van der Waals surface area contributed by atoms with Crippen LogP contribution in [0.5, 0.6) is 0 Å². The minimum atomic E-state index is -1.91. The maximum Gasteiger partial charge on any atom is 0.360 e. The fraction of sp³-hybridized carbons (Fsp3) is 0.895. The van der Waals surface area contributed by atoms with E-state index in [1.807, 2.05) is 26.9 Å². The van der Waals surface area contributed by atoms with Crippen LogP contribution in [0.25, 0.3) is 0 Å². The van der Waals surface area contributed by atoms with Gasteiger partial charge in [-0.2, -0.15) is 0 Å². The number of hydrogen-bond donors (Lipinski definition) is 0. The fourth-order valence-corrected chi connectivity index (χ4v) is 5.49. The van der Waals surface area contributed by atoms with Crippen molar-refractivity contribution in [3.8, 4) is 0 Å². The lowest BCUT2D eigenvalue weighted by Gasteiger charge is -2.26. The molecule has 0 aromatic rings. The zero-order valence-electron chi connectivity index (χ0n) is 22.7. The van der Waals surface area contributed by atoms with Gasteiger partial charge < -0.3 is 35.4 Å². The van der Waals surface area contributed by atoms with Crippen LogP contribution in [0.15, 0.2) is 12.3 Å². The van der Waals surface area contributed by atoms with Gasteiger partial charge in [0.1, 0.15) is 0 Å². The topological polar surface area (TPSA) is 73.8 Å². The molecule has 0 fully saturated rings. The van der Waals surface area contributed by atoms with Crippen LogP contribution in [0.4, 0.5) is 0 Å². The van der Waals surface area contributed by atoms with Crippen molar-refractivity contribution in [3.63, 3.8) is 0 Å². The Morgan fingerprint density at radius 2 is 0.935 bits per heavy atom. The van der Waals surface area contributed by atoms with E-state index in [4.69, 9.17) is 35.4 Å². The van der Waals surface area contributed by atoms with Crippen LogP contribution in [-0.2, 0) is 35.4 Å². The van der Waals surface area contributed by atoms with E-state index in [1.54, 1.807) is 62.6 Å². The Bertz CT molecular complexity index is 358. The van der Waals surface area contributed by atoms with Gasteiger partial charge in [0.2, 0.25) is 0 Å². The molecule has 0 aliphatic carbocycles. The molecule has 0 radical (unpaired) electrons. The Kier molecular flexibility index (Phi) is 29.2. The van der Waals surface area contributed by atoms with Crippen LogP contribution in [0.2, 0.25) is 38.3 Å². The molecule has 0 spiro atoms. The van der Waals surface area contributed by atoms with Gasteiger partial charge in [0.25, 0.3) is 0 Å². The fourth-order valence-electron chi connectivity index (χ4n) is 1.65. The first-order valence-corrected chi connectivity index (χ1v) is 20.0. The highest BCUT2D eigenvalue weighted by Gasteiger charge is 2.33. The molecule has 12 heteroatoms. The summed E-state index contributed by atoms with van der Waals surface area (Å²) < 4.78 is 41.4. The molecule has 192 valence electrons. The van der Waals surface area contributed by atoms with E-state index >= 15 is 0 Å². The summed E-state index contributed by atoms with van der Waals surface area (Å²) in [6.45, 7) is 15.6. The highest BCUT2D eigenvalue weighted by Crippen LogP contribution is 2.21. The van der Waals surface area contributed by atoms with Gasteiger partial charge >= 0.3 is 35.0 Å². The molecule has 8 nitrogen and oxygen atoms in total. The summed E-state index contributed by atoms with van der Waals surface area (Å²) in [5.41, 5.74) is 1.74. The smallest absolute Gasteiger partial charge is 0.360 e. The highest BCUT2D eigenvalue weighted by atomic mass is 28.4. The summed E-state index contributed by atoms with van der Waals surface area (Å²) in [5, 5.41) is 0. The van der Waals surface area contributed by atoms with Crippen molar-refractivity contribution in [1.29, 1.82) is 0 Å². The van der Waals surface area contributed by atoms with Crippen LogP contribution in [0.3, 0.4) is 0 Å². The second-order valence-electron chi connectivity index (χ2n) is 6.61. The summed E-state index contributed by atoms with van der Waals surface area (Å²) in [6.07, 6.45) is 1.04. The first-order chi connectivity index (χ1) is 14.4. The van der Waals surface area contributed by atoms with Gasteiger partial charge in [-0.3, -0.25) is 0 Å². The van der Waals surface area contributed by atoms with E-state index in [1.165, 1.54) is 0 Å². The monoisotopic (exact) mass is 520 g/mol. The summed E-state index contributed by atoms with van der Waals surface area (Å²) in [4.78, 5) is 0. The predicted molar refractivity (Wildman–Crippen MR) is 140 cm³/mol. The van der Waals surface area contributed by atoms with Crippen LogP contribution in [-0.4, -0.2) is 91.8 Å². The molecule has 0 bridgehead atoms. The summed E-state index contributed by atoms with van der Waals surface area (Å²) in [6, 6.07) is 1.96. The van der Waals surface area contributed by atoms with Gasteiger partial charge in [-0.1, -0.05) is 13.8 Å². The third-order valence-electron chi connectivity index (χ3n) is 4.83. The van der Waals surface area contributed by atoms with Gasteiger partial charge in [0, 0.05) is 56.9 Å². The molecule has 0 N–H and O–H groups in total. The molecule has 0 aromatic carbocycles. The van der Waals surface area contributed by atoms with E-state index in [0.717, 1.165) is 18.5 Å². The zero-order valence-corrected chi connectivity index (χ0v) is 26.9. The van der Waals surface area contributed by atoms with Gasteiger partial charge in [0.15, 0.2) is 0 Å². The maximum absolute atomic E-state index is 5.42. The Hall–Kier alpha value is 0.288. The highest BCUT2D eigenvalue weighted by molar-refractivity contribution is 6.71. The summed E-state index contributed by atoms with van der Waals surface area (Å²) in [5.74, 6) is 0. The van der Waals surface area contributed by atoms with Gasteiger partial charge in [0.05, 0.1) is 0 Å². The number of hydrogen-bond acceptors (Lipinski definition) is 8. The van der Waals surface area contributed by atoms with Crippen molar-refractivity contribution in [2.75, 3.05) is 56.9 Å². The van der Waals surface area contributed by atoms with Gasteiger partial charge in [-0.05, 0) is 50.4 Å².